The first-order chi connectivity index (χ1) is 6.36. The Morgan fingerprint density at radius 1 is 1.46 bits per heavy atom. The van der Waals surface area contributed by atoms with Crippen molar-refractivity contribution in [2.24, 2.45) is 11.8 Å². The predicted molar refractivity (Wildman–Crippen MR) is 53.7 cm³/mol. The molecule has 1 heterocycles. The van der Waals surface area contributed by atoms with Gasteiger partial charge in [0.15, 0.2) is 0 Å². The van der Waals surface area contributed by atoms with Gasteiger partial charge in [0.25, 0.3) is 0 Å². The van der Waals surface area contributed by atoms with Gasteiger partial charge in [0, 0.05) is 13.1 Å². The third-order valence-electron chi connectivity index (χ3n) is 3.52. The summed E-state index contributed by atoms with van der Waals surface area (Å²) in [7, 11) is 0. The van der Waals surface area contributed by atoms with Crippen LogP contribution in [0.4, 0.5) is 0 Å². The van der Waals surface area contributed by atoms with Gasteiger partial charge in [-0.25, -0.2) is 0 Å². The van der Waals surface area contributed by atoms with Crippen LogP contribution in [0.1, 0.15) is 32.6 Å². The molecule has 2 unspecified atom stereocenters. The molecule has 2 aliphatic rings. The summed E-state index contributed by atoms with van der Waals surface area (Å²) in [6.07, 6.45) is 6.25. The van der Waals surface area contributed by atoms with Gasteiger partial charge in [-0.15, -0.1) is 0 Å². The molecule has 2 rings (SSSR count). The molecule has 2 heteroatoms. The molecule has 13 heavy (non-hydrogen) atoms. The van der Waals surface area contributed by atoms with Crippen LogP contribution in [0.15, 0.2) is 0 Å². The molecule has 0 radical (unpaired) electrons. The molecule has 76 valence electrons. The molecule has 0 aromatic rings. The van der Waals surface area contributed by atoms with Crippen LogP contribution in [0, 0.1) is 11.8 Å². The lowest BCUT2D eigenvalue weighted by Crippen LogP contribution is -2.42. The second-order valence-electron chi connectivity index (χ2n) is 4.62. The Hall–Kier alpha value is -0.0800. The number of hydrogen-bond acceptors (Lipinski definition) is 2. The zero-order valence-corrected chi connectivity index (χ0v) is 8.59. The Kier molecular flexibility index (Phi) is 3.23. The average Bonchev–Trinajstić information content (AvgIpc) is 2.12. The van der Waals surface area contributed by atoms with E-state index in [1.165, 1.54) is 25.7 Å². The van der Waals surface area contributed by atoms with Crippen LogP contribution in [0.5, 0.6) is 0 Å². The maximum absolute atomic E-state index is 5.75. The lowest BCUT2D eigenvalue weighted by atomic mass is 9.78. The van der Waals surface area contributed by atoms with Crippen LogP contribution in [0.2, 0.25) is 0 Å². The fraction of sp³-hybridized carbons (Fsp3) is 1.00. The van der Waals surface area contributed by atoms with Gasteiger partial charge in [-0.2, -0.15) is 0 Å². The third kappa shape index (κ3) is 2.44. The summed E-state index contributed by atoms with van der Waals surface area (Å²) in [6.45, 7) is 5.34. The van der Waals surface area contributed by atoms with E-state index in [-0.39, 0.29) is 0 Å². The standard InChI is InChI=1S/C11H21NO/c1-9(7-10-3-2-4-10)11-8-12-5-6-13-11/h9-12H,2-8H2,1H3. The van der Waals surface area contributed by atoms with Crippen LogP contribution >= 0.6 is 0 Å². The molecule has 0 spiro atoms. The fourth-order valence-corrected chi connectivity index (χ4v) is 2.36. The quantitative estimate of drug-likeness (QED) is 0.720. The van der Waals surface area contributed by atoms with Crippen molar-refractivity contribution >= 4 is 0 Å². The van der Waals surface area contributed by atoms with Gasteiger partial charge in [-0.3, -0.25) is 0 Å². The zero-order chi connectivity index (χ0) is 9.10. The van der Waals surface area contributed by atoms with Gasteiger partial charge in [-0.1, -0.05) is 26.2 Å². The summed E-state index contributed by atoms with van der Waals surface area (Å²) < 4.78 is 5.75. The highest BCUT2D eigenvalue weighted by molar-refractivity contribution is 4.78. The highest BCUT2D eigenvalue weighted by Gasteiger charge is 2.26. The average molecular weight is 183 g/mol. The molecule has 1 saturated carbocycles. The van der Waals surface area contributed by atoms with Crippen molar-refractivity contribution in [3.8, 4) is 0 Å². The summed E-state index contributed by atoms with van der Waals surface area (Å²) >= 11 is 0. The Morgan fingerprint density at radius 2 is 2.31 bits per heavy atom. The number of rotatable bonds is 3. The van der Waals surface area contributed by atoms with Crippen molar-refractivity contribution in [1.29, 1.82) is 0 Å². The van der Waals surface area contributed by atoms with E-state index in [4.69, 9.17) is 4.74 Å². The van der Waals surface area contributed by atoms with Crippen molar-refractivity contribution in [2.45, 2.75) is 38.7 Å². The highest BCUT2D eigenvalue weighted by Crippen LogP contribution is 2.33. The third-order valence-corrected chi connectivity index (χ3v) is 3.52. The minimum absolute atomic E-state index is 0.481. The fourth-order valence-electron chi connectivity index (χ4n) is 2.36. The summed E-state index contributed by atoms with van der Waals surface area (Å²) in [6, 6.07) is 0. The molecular weight excluding hydrogens is 162 g/mol. The van der Waals surface area contributed by atoms with E-state index in [9.17, 15) is 0 Å². The maximum Gasteiger partial charge on any atom is 0.0725 e. The summed E-state index contributed by atoms with van der Waals surface area (Å²) in [5, 5.41) is 3.40. The van der Waals surface area contributed by atoms with Gasteiger partial charge in [0.2, 0.25) is 0 Å². The summed E-state index contributed by atoms with van der Waals surface area (Å²) in [4.78, 5) is 0. The molecule has 1 aliphatic heterocycles. The van der Waals surface area contributed by atoms with Crippen LogP contribution in [0.25, 0.3) is 0 Å². The Balaban J connectivity index is 1.70. The minimum atomic E-state index is 0.481. The topological polar surface area (TPSA) is 21.3 Å². The van der Waals surface area contributed by atoms with Crippen molar-refractivity contribution in [2.75, 3.05) is 19.7 Å². The molecular formula is C11H21NO. The number of hydrogen-bond donors (Lipinski definition) is 1. The molecule has 0 aromatic carbocycles. The first kappa shape index (κ1) is 9.47. The smallest absolute Gasteiger partial charge is 0.0725 e. The molecule has 1 saturated heterocycles. The first-order valence-corrected chi connectivity index (χ1v) is 5.68. The monoisotopic (exact) mass is 183 g/mol. The van der Waals surface area contributed by atoms with E-state index >= 15 is 0 Å². The molecule has 2 fully saturated rings. The largest absolute Gasteiger partial charge is 0.375 e. The minimum Gasteiger partial charge on any atom is -0.375 e. The van der Waals surface area contributed by atoms with E-state index in [0.717, 1.165) is 31.5 Å². The molecule has 1 aliphatic carbocycles. The van der Waals surface area contributed by atoms with Crippen molar-refractivity contribution in [1.82, 2.24) is 5.32 Å². The number of nitrogens with one attached hydrogen (secondary N) is 1. The van der Waals surface area contributed by atoms with E-state index in [2.05, 4.69) is 12.2 Å². The normalized spacial score (nSPS) is 32.5. The summed E-state index contributed by atoms with van der Waals surface area (Å²) in [5.41, 5.74) is 0. The van der Waals surface area contributed by atoms with Crippen LogP contribution in [-0.4, -0.2) is 25.8 Å². The van der Waals surface area contributed by atoms with Gasteiger partial charge >= 0.3 is 0 Å². The SMILES string of the molecule is CC(CC1CCC1)C1CNCCO1. The lowest BCUT2D eigenvalue weighted by molar-refractivity contribution is -0.0136. The molecule has 0 aromatic heterocycles. The molecule has 0 amide bonds. The van der Waals surface area contributed by atoms with Gasteiger partial charge in [-0.05, 0) is 18.3 Å². The van der Waals surface area contributed by atoms with E-state index in [1.807, 2.05) is 0 Å². The second-order valence-corrected chi connectivity index (χ2v) is 4.62. The van der Waals surface area contributed by atoms with Crippen LogP contribution < -0.4 is 5.32 Å². The lowest BCUT2D eigenvalue weighted by Gasteiger charge is -2.34. The van der Waals surface area contributed by atoms with E-state index in [0.29, 0.717) is 6.10 Å². The summed E-state index contributed by atoms with van der Waals surface area (Å²) in [5.74, 6) is 1.76. The van der Waals surface area contributed by atoms with E-state index < -0.39 is 0 Å². The Bertz CT molecular complexity index is 150. The number of ether oxygens (including phenoxy) is 1. The molecule has 1 N–H and O–H groups in total. The Labute approximate surface area is 81.0 Å². The van der Waals surface area contributed by atoms with E-state index in [1.54, 1.807) is 0 Å². The second kappa shape index (κ2) is 4.43. The van der Waals surface area contributed by atoms with Crippen LogP contribution in [0.3, 0.4) is 0 Å². The first-order valence-electron chi connectivity index (χ1n) is 5.68. The van der Waals surface area contributed by atoms with Crippen molar-refractivity contribution in [3.63, 3.8) is 0 Å². The predicted octanol–water partition coefficient (Wildman–Crippen LogP) is 1.80. The van der Waals surface area contributed by atoms with Gasteiger partial charge < -0.3 is 10.1 Å². The molecule has 2 atom stereocenters. The molecule has 2 nitrogen and oxygen atoms in total. The number of morpholine rings is 1. The maximum atomic E-state index is 5.75. The zero-order valence-electron chi connectivity index (χ0n) is 8.59. The van der Waals surface area contributed by atoms with Crippen molar-refractivity contribution in [3.05, 3.63) is 0 Å². The Morgan fingerprint density at radius 3 is 2.85 bits per heavy atom. The highest BCUT2D eigenvalue weighted by atomic mass is 16.5. The van der Waals surface area contributed by atoms with Gasteiger partial charge in [0.05, 0.1) is 12.7 Å². The van der Waals surface area contributed by atoms with Crippen molar-refractivity contribution < 1.29 is 4.74 Å². The van der Waals surface area contributed by atoms with Crippen LogP contribution in [-0.2, 0) is 4.74 Å². The van der Waals surface area contributed by atoms with Gasteiger partial charge in [0.1, 0.15) is 0 Å². The molecule has 0 bridgehead atoms.